The van der Waals surface area contributed by atoms with Crippen LogP contribution in [0.4, 0.5) is 0 Å². The first-order valence-electron chi connectivity index (χ1n) is 7.87. The molecule has 4 heteroatoms. The molecule has 2 aromatic carbocycles. The standard InChI is InChI=1S/C19H21NO2S/c1-20(19-13-7-11-17-10-5-6-12-18(17)19)23(21,22)15-14-16-8-3-2-4-9-16/h2-6,8-10,12,14-15,19H,7,11,13H2,1H3/b15-14+. The average Bonchev–Trinajstić information content (AvgIpc) is 2.60. The molecule has 2 aromatic rings. The van der Waals surface area contributed by atoms with Crippen molar-refractivity contribution in [2.24, 2.45) is 0 Å². The average molecular weight is 327 g/mol. The minimum Gasteiger partial charge on any atom is -0.207 e. The van der Waals surface area contributed by atoms with E-state index in [0.29, 0.717) is 0 Å². The van der Waals surface area contributed by atoms with Crippen LogP contribution in [0.25, 0.3) is 6.08 Å². The number of aryl methyl sites for hydroxylation is 1. The van der Waals surface area contributed by atoms with Crippen molar-refractivity contribution in [2.75, 3.05) is 7.05 Å². The molecule has 3 nitrogen and oxygen atoms in total. The summed E-state index contributed by atoms with van der Waals surface area (Å²) in [5.74, 6) is 0. The molecule has 0 radical (unpaired) electrons. The monoisotopic (exact) mass is 327 g/mol. The lowest BCUT2D eigenvalue weighted by Crippen LogP contribution is -2.32. The fourth-order valence-electron chi connectivity index (χ4n) is 3.11. The van der Waals surface area contributed by atoms with Crippen LogP contribution in [0.3, 0.4) is 0 Å². The number of fused-ring (bicyclic) bond motifs is 1. The zero-order chi connectivity index (χ0) is 16.3. The highest BCUT2D eigenvalue weighted by Gasteiger charge is 2.29. The van der Waals surface area contributed by atoms with Crippen LogP contribution in [0, 0.1) is 0 Å². The number of rotatable bonds is 4. The van der Waals surface area contributed by atoms with Crippen LogP contribution < -0.4 is 0 Å². The minimum atomic E-state index is -3.45. The summed E-state index contributed by atoms with van der Waals surface area (Å²) < 4.78 is 26.8. The van der Waals surface area contributed by atoms with Crippen LogP contribution in [0.2, 0.25) is 0 Å². The number of hydrogen-bond acceptors (Lipinski definition) is 2. The van der Waals surface area contributed by atoms with Gasteiger partial charge in [-0.15, -0.1) is 0 Å². The molecule has 1 atom stereocenters. The Kier molecular flexibility index (Phi) is 4.64. The summed E-state index contributed by atoms with van der Waals surface area (Å²) in [5, 5.41) is 1.31. The number of hydrogen-bond donors (Lipinski definition) is 0. The van der Waals surface area contributed by atoms with Gasteiger partial charge in [0.1, 0.15) is 0 Å². The van der Waals surface area contributed by atoms with Gasteiger partial charge in [-0.05, 0) is 42.0 Å². The molecule has 0 aromatic heterocycles. The molecule has 0 N–H and O–H groups in total. The van der Waals surface area contributed by atoms with Gasteiger partial charge in [0.25, 0.3) is 0 Å². The lowest BCUT2D eigenvalue weighted by Gasteiger charge is -2.31. The molecular formula is C19H21NO2S. The summed E-state index contributed by atoms with van der Waals surface area (Å²) in [4.78, 5) is 0. The van der Waals surface area contributed by atoms with Gasteiger partial charge in [-0.2, -0.15) is 4.31 Å². The Morgan fingerprint density at radius 3 is 2.52 bits per heavy atom. The highest BCUT2D eigenvalue weighted by molar-refractivity contribution is 7.92. The minimum absolute atomic E-state index is 0.0784. The molecule has 0 aliphatic heterocycles. The predicted molar refractivity (Wildman–Crippen MR) is 94.3 cm³/mol. The third kappa shape index (κ3) is 3.54. The molecule has 1 aliphatic carbocycles. The largest absolute Gasteiger partial charge is 0.236 e. The van der Waals surface area contributed by atoms with Crippen LogP contribution >= 0.6 is 0 Å². The second kappa shape index (κ2) is 6.69. The van der Waals surface area contributed by atoms with E-state index in [2.05, 4.69) is 6.07 Å². The van der Waals surface area contributed by atoms with Crippen LogP contribution in [-0.2, 0) is 16.4 Å². The van der Waals surface area contributed by atoms with E-state index in [4.69, 9.17) is 0 Å². The van der Waals surface area contributed by atoms with Gasteiger partial charge in [0.05, 0.1) is 0 Å². The van der Waals surface area contributed by atoms with E-state index in [1.165, 1.54) is 15.3 Å². The number of nitrogens with zero attached hydrogens (tertiary/aromatic N) is 1. The summed E-state index contributed by atoms with van der Waals surface area (Å²) in [7, 11) is -1.77. The summed E-state index contributed by atoms with van der Waals surface area (Å²) in [6, 6.07) is 17.6. The summed E-state index contributed by atoms with van der Waals surface area (Å²) >= 11 is 0. The van der Waals surface area contributed by atoms with Gasteiger partial charge in [-0.3, -0.25) is 0 Å². The van der Waals surface area contributed by atoms with Crippen molar-refractivity contribution < 1.29 is 8.42 Å². The van der Waals surface area contributed by atoms with Crippen molar-refractivity contribution in [1.29, 1.82) is 0 Å². The van der Waals surface area contributed by atoms with Crippen LogP contribution in [0.5, 0.6) is 0 Å². The zero-order valence-corrected chi connectivity index (χ0v) is 14.0. The molecule has 0 spiro atoms. The van der Waals surface area contributed by atoms with Gasteiger partial charge in [-0.25, -0.2) is 8.42 Å². The molecule has 0 amide bonds. The highest BCUT2D eigenvalue weighted by atomic mass is 32.2. The van der Waals surface area contributed by atoms with E-state index < -0.39 is 10.0 Å². The fourth-order valence-corrected chi connectivity index (χ4v) is 4.20. The van der Waals surface area contributed by atoms with Gasteiger partial charge < -0.3 is 0 Å². The maximum atomic E-state index is 12.7. The molecule has 0 bridgehead atoms. The Morgan fingerprint density at radius 1 is 1.04 bits per heavy atom. The third-order valence-electron chi connectivity index (χ3n) is 4.41. The van der Waals surface area contributed by atoms with E-state index in [1.54, 1.807) is 13.1 Å². The van der Waals surface area contributed by atoms with E-state index in [-0.39, 0.29) is 6.04 Å². The van der Waals surface area contributed by atoms with Crippen molar-refractivity contribution in [3.8, 4) is 0 Å². The molecule has 23 heavy (non-hydrogen) atoms. The fraction of sp³-hybridized carbons (Fsp3) is 0.263. The number of benzene rings is 2. The number of sulfonamides is 1. The first kappa shape index (κ1) is 16.0. The van der Waals surface area contributed by atoms with E-state index in [1.807, 2.05) is 48.5 Å². The lowest BCUT2D eigenvalue weighted by molar-refractivity contribution is 0.341. The van der Waals surface area contributed by atoms with Crippen molar-refractivity contribution in [3.63, 3.8) is 0 Å². The van der Waals surface area contributed by atoms with Crippen molar-refractivity contribution in [2.45, 2.75) is 25.3 Å². The van der Waals surface area contributed by atoms with Crippen LogP contribution in [0.1, 0.15) is 35.6 Å². The van der Waals surface area contributed by atoms with Crippen molar-refractivity contribution >= 4 is 16.1 Å². The van der Waals surface area contributed by atoms with E-state index in [9.17, 15) is 8.42 Å². The van der Waals surface area contributed by atoms with Gasteiger partial charge in [-0.1, -0.05) is 54.6 Å². The quantitative estimate of drug-likeness (QED) is 0.851. The molecular weight excluding hydrogens is 306 g/mol. The molecule has 0 saturated heterocycles. The Morgan fingerprint density at radius 2 is 1.74 bits per heavy atom. The maximum absolute atomic E-state index is 12.7. The lowest BCUT2D eigenvalue weighted by atomic mass is 9.88. The van der Waals surface area contributed by atoms with E-state index in [0.717, 1.165) is 30.4 Å². The molecule has 0 fully saturated rings. The van der Waals surface area contributed by atoms with Gasteiger partial charge in [0.15, 0.2) is 0 Å². The highest BCUT2D eigenvalue weighted by Crippen LogP contribution is 2.35. The first-order chi connectivity index (χ1) is 11.1. The smallest absolute Gasteiger partial charge is 0.207 e. The molecule has 0 saturated carbocycles. The second-order valence-electron chi connectivity index (χ2n) is 5.88. The van der Waals surface area contributed by atoms with Gasteiger partial charge >= 0.3 is 0 Å². The van der Waals surface area contributed by atoms with E-state index >= 15 is 0 Å². The third-order valence-corrected chi connectivity index (χ3v) is 5.95. The van der Waals surface area contributed by atoms with Crippen LogP contribution in [0.15, 0.2) is 60.0 Å². The summed E-state index contributed by atoms with van der Waals surface area (Å²) in [6.07, 6.45) is 4.57. The normalized spacial score (nSPS) is 18.3. The summed E-state index contributed by atoms with van der Waals surface area (Å²) in [5.41, 5.74) is 3.28. The second-order valence-corrected chi connectivity index (χ2v) is 7.76. The van der Waals surface area contributed by atoms with Gasteiger partial charge in [0, 0.05) is 18.5 Å². The molecule has 1 unspecified atom stereocenters. The molecule has 3 rings (SSSR count). The Bertz CT molecular complexity index is 797. The Hall–Kier alpha value is -1.91. The Balaban J connectivity index is 1.85. The zero-order valence-electron chi connectivity index (χ0n) is 13.2. The SMILES string of the molecule is CN(C1CCCc2ccccc21)S(=O)(=O)/C=C/c1ccccc1. The van der Waals surface area contributed by atoms with Gasteiger partial charge in [0.2, 0.25) is 10.0 Å². The molecule has 0 heterocycles. The van der Waals surface area contributed by atoms with Crippen LogP contribution in [-0.4, -0.2) is 19.8 Å². The summed E-state index contributed by atoms with van der Waals surface area (Å²) in [6.45, 7) is 0. The predicted octanol–water partition coefficient (Wildman–Crippen LogP) is 4.00. The van der Waals surface area contributed by atoms with Crippen molar-refractivity contribution in [1.82, 2.24) is 4.31 Å². The van der Waals surface area contributed by atoms with Crippen molar-refractivity contribution in [3.05, 3.63) is 76.7 Å². The maximum Gasteiger partial charge on any atom is 0.236 e. The molecule has 1 aliphatic rings. The topological polar surface area (TPSA) is 37.4 Å². The Labute approximate surface area is 138 Å². The first-order valence-corrected chi connectivity index (χ1v) is 9.37. The molecule has 120 valence electrons.